The van der Waals surface area contributed by atoms with Crippen LogP contribution in [-0.4, -0.2) is 58.0 Å². The Bertz CT molecular complexity index is 1010. The predicted molar refractivity (Wildman–Crippen MR) is 107 cm³/mol. The lowest BCUT2D eigenvalue weighted by molar-refractivity contribution is -0.119. The van der Waals surface area contributed by atoms with E-state index in [1.165, 1.54) is 0 Å². The van der Waals surface area contributed by atoms with Crippen molar-refractivity contribution in [2.45, 2.75) is 26.3 Å². The Kier molecular flexibility index (Phi) is 4.08. The van der Waals surface area contributed by atoms with Gasteiger partial charge in [0.1, 0.15) is 17.3 Å². The van der Waals surface area contributed by atoms with Gasteiger partial charge >= 0.3 is 0 Å². The predicted octanol–water partition coefficient (Wildman–Crippen LogP) is 2.35. The summed E-state index contributed by atoms with van der Waals surface area (Å²) in [7, 11) is 0. The van der Waals surface area contributed by atoms with E-state index in [0.29, 0.717) is 13.2 Å². The summed E-state index contributed by atoms with van der Waals surface area (Å²) in [5, 5.41) is 8.04. The molecule has 3 aromatic rings. The van der Waals surface area contributed by atoms with Gasteiger partial charge < -0.3 is 14.5 Å². The van der Waals surface area contributed by atoms with Gasteiger partial charge in [-0.2, -0.15) is 5.10 Å². The average molecular weight is 380 g/mol. The quantitative estimate of drug-likeness (QED) is 0.755. The van der Waals surface area contributed by atoms with Crippen LogP contribution in [0.2, 0.25) is 0 Å². The van der Waals surface area contributed by atoms with Crippen LogP contribution in [0.15, 0.2) is 30.6 Å². The van der Waals surface area contributed by atoms with E-state index in [2.05, 4.69) is 28.1 Å². The number of pyridine rings is 1. The maximum Gasteiger partial charge on any atom is 0.229 e. The van der Waals surface area contributed by atoms with Gasteiger partial charge in [0, 0.05) is 42.7 Å². The molecule has 28 heavy (non-hydrogen) atoms. The van der Waals surface area contributed by atoms with Crippen LogP contribution in [-0.2, 0) is 9.53 Å². The molecule has 0 aromatic carbocycles. The molecule has 2 saturated heterocycles. The molecule has 0 aliphatic carbocycles. The summed E-state index contributed by atoms with van der Waals surface area (Å²) in [6.07, 6.45) is 4.58. The van der Waals surface area contributed by atoms with Crippen molar-refractivity contribution in [3.63, 3.8) is 0 Å². The first-order chi connectivity index (χ1) is 13.6. The average Bonchev–Trinajstić information content (AvgIpc) is 3.43. The summed E-state index contributed by atoms with van der Waals surface area (Å²) < 4.78 is 7.59. The van der Waals surface area contributed by atoms with E-state index >= 15 is 0 Å². The number of ether oxygens (including phenoxy) is 1. The SMILES string of the molecule is CC1CCN(c2cc(N3CCOC[C@H]3C)nc3c2ccn3-c2ccn[nH]2)C1=O. The fourth-order valence-electron chi connectivity index (χ4n) is 4.16. The number of anilines is 2. The number of aromatic nitrogens is 4. The van der Waals surface area contributed by atoms with Crippen molar-refractivity contribution in [3.8, 4) is 5.82 Å². The Morgan fingerprint density at radius 3 is 2.86 bits per heavy atom. The second-order valence-corrected chi connectivity index (χ2v) is 7.66. The lowest BCUT2D eigenvalue weighted by Crippen LogP contribution is -2.44. The van der Waals surface area contributed by atoms with E-state index in [4.69, 9.17) is 9.72 Å². The van der Waals surface area contributed by atoms with Crippen LogP contribution < -0.4 is 9.80 Å². The summed E-state index contributed by atoms with van der Waals surface area (Å²) in [5.41, 5.74) is 1.76. The highest BCUT2D eigenvalue weighted by atomic mass is 16.5. The topological polar surface area (TPSA) is 79.3 Å². The van der Waals surface area contributed by atoms with Crippen LogP contribution in [0.25, 0.3) is 16.9 Å². The monoisotopic (exact) mass is 380 g/mol. The molecule has 5 rings (SSSR count). The maximum absolute atomic E-state index is 12.8. The van der Waals surface area contributed by atoms with Gasteiger partial charge in [-0.05, 0) is 19.4 Å². The third kappa shape index (κ3) is 2.67. The Morgan fingerprint density at radius 1 is 1.25 bits per heavy atom. The fraction of sp³-hybridized carbons (Fsp3) is 0.450. The van der Waals surface area contributed by atoms with Crippen LogP contribution in [0.5, 0.6) is 0 Å². The zero-order valence-electron chi connectivity index (χ0n) is 16.1. The number of nitrogens with one attached hydrogen (secondary N) is 1. The molecule has 0 saturated carbocycles. The molecule has 8 heteroatoms. The number of amides is 1. The molecular formula is C20H24N6O2. The summed E-state index contributed by atoms with van der Waals surface area (Å²) in [4.78, 5) is 22.0. The van der Waals surface area contributed by atoms with Gasteiger partial charge in [0.25, 0.3) is 0 Å². The van der Waals surface area contributed by atoms with Gasteiger partial charge in [-0.25, -0.2) is 4.98 Å². The van der Waals surface area contributed by atoms with Crippen molar-refractivity contribution in [3.05, 3.63) is 30.6 Å². The minimum Gasteiger partial charge on any atom is -0.377 e. The molecule has 1 N–H and O–H groups in total. The zero-order chi connectivity index (χ0) is 19.3. The first-order valence-electron chi connectivity index (χ1n) is 9.81. The Balaban J connectivity index is 1.70. The third-order valence-electron chi connectivity index (χ3n) is 5.79. The van der Waals surface area contributed by atoms with Crippen molar-refractivity contribution >= 4 is 28.4 Å². The Morgan fingerprint density at radius 2 is 2.14 bits per heavy atom. The molecule has 2 atom stereocenters. The summed E-state index contributed by atoms with van der Waals surface area (Å²) in [6.45, 7) is 7.03. The highest BCUT2D eigenvalue weighted by Crippen LogP contribution is 2.36. The number of rotatable bonds is 3. The molecule has 2 fully saturated rings. The Hall–Kier alpha value is -2.87. The molecule has 8 nitrogen and oxygen atoms in total. The fourth-order valence-corrected chi connectivity index (χ4v) is 4.16. The number of carbonyl (C=O) groups excluding carboxylic acids is 1. The van der Waals surface area contributed by atoms with Gasteiger partial charge in [0.15, 0.2) is 0 Å². The largest absolute Gasteiger partial charge is 0.377 e. The molecule has 5 heterocycles. The highest BCUT2D eigenvalue weighted by molar-refractivity contribution is 6.05. The summed E-state index contributed by atoms with van der Waals surface area (Å²) >= 11 is 0. The molecule has 2 aliphatic rings. The number of hydrogen-bond donors (Lipinski definition) is 1. The number of H-pyrrole nitrogens is 1. The minimum atomic E-state index is 0.0590. The lowest BCUT2D eigenvalue weighted by Gasteiger charge is -2.35. The van der Waals surface area contributed by atoms with Gasteiger partial charge in [-0.3, -0.25) is 14.5 Å². The number of fused-ring (bicyclic) bond motifs is 1. The molecule has 0 spiro atoms. The van der Waals surface area contributed by atoms with Crippen molar-refractivity contribution in [2.24, 2.45) is 5.92 Å². The minimum absolute atomic E-state index is 0.0590. The van der Waals surface area contributed by atoms with E-state index in [9.17, 15) is 4.79 Å². The normalized spacial score (nSPS) is 23.1. The van der Waals surface area contributed by atoms with Crippen molar-refractivity contribution in [1.29, 1.82) is 0 Å². The first kappa shape index (κ1) is 17.2. The van der Waals surface area contributed by atoms with E-state index < -0.39 is 0 Å². The Labute approximate surface area is 163 Å². The molecule has 1 amide bonds. The van der Waals surface area contributed by atoms with Crippen molar-refractivity contribution in [1.82, 2.24) is 19.7 Å². The van der Waals surface area contributed by atoms with Crippen LogP contribution >= 0.6 is 0 Å². The number of nitrogens with zero attached hydrogens (tertiary/aromatic N) is 5. The van der Waals surface area contributed by atoms with Gasteiger partial charge in [-0.15, -0.1) is 0 Å². The maximum atomic E-state index is 12.8. The molecule has 3 aromatic heterocycles. The molecule has 0 radical (unpaired) electrons. The molecule has 1 unspecified atom stereocenters. The van der Waals surface area contributed by atoms with Crippen molar-refractivity contribution in [2.75, 3.05) is 36.1 Å². The highest BCUT2D eigenvalue weighted by Gasteiger charge is 2.32. The van der Waals surface area contributed by atoms with Crippen molar-refractivity contribution < 1.29 is 9.53 Å². The molecule has 2 aliphatic heterocycles. The van der Waals surface area contributed by atoms with E-state index in [1.54, 1.807) is 6.20 Å². The lowest BCUT2D eigenvalue weighted by atomic mass is 10.1. The molecule has 0 bridgehead atoms. The second kappa shape index (κ2) is 6.63. The van der Waals surface area contributed by atoms with Gasteiger partial charge in [-0.1, -0.05) is 6.92 Å². The van der Waals surface area contributed by atoms with Crippen LogP contribution in [0.1, 0.15) is 20.3 Å². The standard InChI is InChI=1S/C20H24N6O2/c1-13-4-7-25(20(13)27)16-11-18(24-9-10-28-12-14(24)2)22-19-15(16)5-8-26(19)17-3-6-21-23-17/h3,5-6,8,11,13-14H,4,7,9-10,12H2,1-2H3,(H,21,23)/t13?,14-/m1/s1. The van der Waals surface area contributed by atoms with E-state index in [-0.39, 0.29) is 17.9 Å². The van der Waals surface area contributed by atoms with Gasteiger partial charge in [0.2, 0.25) is 5.91 Å². The third-order valence-corrected chi connectivity index (χ3v) is 5.79. The number of hydrogen-bond acceptors (Lipinski definition) is 5. The molecular weight excluding hydrogens is 356 g/mol. The number of morpholine rings is 1. The summed E-state index contributed by atoms with van der Waals surface area (Å²) in [6, 6.07) is 6.24. The van der Waals surface area contributed by atoms with E-state index in [1.807, 2.05) is 34.7 Å². The smallest absolute Gasteiger partial charge is 0.229 e. The number of carbonyl (C=O) groups is 1. The van der Waals surface area contributed by atoms with Crippen LogP contribution in [0, 0.1) is 5.92 Å². The van der Waals surface area contributed by atoms with Gasteiger partial charge in [0.05, 0.1) is 31.1 Å². The van der Waals surface area contributed by atoms with Crippen LogP contribution in [0.3, 0.4) is 0 Å². The summed E-state index contributed by atoms with van der Waals surface area (Å²) in [5.74, 6) is 1.97. The number of aromatic amines is 1. The van der Waals surface area contributed by atoms with E-state index in [0.717, 1.165) is 47.9 Å². The zero-order valence-corrected chi connectivity index (χ0v) is 16.1. The molecule has 146 valence electrons. The first-order valence-corrected chi connectivity index (χ1v) is 9.81. The van der Waals surface area contributed by atoms with Crippen LogP contribution in [0.4, 0.5) is 11.5 Å². The second-order valence-electron chi connectivity index (χ2n) is 7.66.